The molecular weight excluding hydrogens is 276 g/mol. The van der Waals surface area contributed by atoms with Crippen LogP contribution in [0, 0.1) is 5.92 Å². The fraction of sp³-hybridized carbons (Fsp3) is 0.467. The molecule has 1 aliphatic heterocycles. The van der Waals surface area contributed by atoms with Gasteiger partial charge in [0, 0.05) is 4.90 Å². The van der Waals surface area contributed by atoms with Crippen LogP contribution in [0.25, 0.3) is 0 Å². The predicted molar refractivity (Wildman–Crippen MR) is 89.3 cm³/mol. The monoisotopic (exact) mass is 298 g/mol. The van der Waals surface area contributed by atoms with Crippen LogP contribution in [0.4, 0.5) is 0 Å². The maximum absolute atomic E-state index is 2.43. The second kappa shape index (κ2) is 6.88. The number of hydrogen-bond donors (Lipinski definition) is 1. The zero-order chi connectivity index (χ0) is 13.0. The van der Waals surface area contributed by atoms with Crippen molar-refractivity contribution in [3.05, 3.63) is 33.9 Å². The summed E-state index contributed by atoms with van der Waals surface area (Å²) in [6.07, 6.45) is 10.8. The van der Waals surface area contributed by atoms with Gasteiger partial charge in [-0.25, -0.2) is 0 Å². The first-order valence-corrected chi connectivity index (χ1v) is 10.1. The van der Waals surface area contributed by atoms with Gasteiger partial charge in [0.05, 0.1) is 4.21 Å². The van der Waals surface area contributed by atoms with Crippen molar-refractivity contribution in [1.82, 2.24) is 0 Å². The smallest absolute Gasteiger partial charge is 0.0611 e. The van der Waals surface area contributed by atoms with Gasteiger partial charge in [-0.2, -0.15) is 10.9 Å². The Balaban J connectivity index is 2.14. The topological polar surface area (TPSA) is 0 Å². The molecule has 2 heterocycles. The second-order valence-electron chi connectivity index (χ2n) is 4.64. The molecule has 0 amide bonds. The van der Waals surface area contributed by atoms with Gasteiger partial charge in [0.1, 0.15) is 0 Å². The van der Waals surface area contributed by atoms with Gasteiger partial charge in [0.25, 0.3) is 0 Å². The second-order valence-corrected chi connectivity index (χ2v) is 8.71. The van der Waals surface area contributed by atoms with Crippen molar-refractivity contribution in [2.45, 2.75) is 42.2 Å². The molecule has 100 valence electrons. The molecule has 1 aromatic rings. The van der Waals surface area contributed by atoms with Crippen molar-refractivity contribution < 1.29 is 0 Å². The normalized spacial score (nSPS) is 22.2. The van der Waals surface area contributed by atoms with E-state index in [2.05, 4.69) is 49.1 Å². The van der Waals surface area contributed by atoms with Crippen LogP contribution in [0.15, 0.2) is 43.0 Å². The summed E-state index contributed by atoms with van der Waals surface area (Å²) in [5, 5.41) is 4.67. The van der Waals surface area contributed by atoms with Gasteiger partial charge < -0.3 is 0 Å². The van der Waals surface area contributed by atoms with Gasteiger partial charge in [0.2, 0.25) is 0 Å². The molecule has 1 aliphatic rings. The average Bonchev–Trinajstić information content (AvgIpc) is 3.02. The van der Waals surface area contributed by atoms with E-state index in [9.17, 15) is 0 Å². The summed E-state index contributed by atoms with van der Waals surface area (Å²) in [4.78, 5) is 3.16. The molecule has 0 aromatic carbocycles. The Labute approximate surface area is 122 Å². The van der Waals surface area contributed by atoms with Crippen LogP contribution in [-0.4, -0.2) is 6.26 Å². The number of allylic oxidation sites excluding steroid dienone is 3. The highest BCUT2D eigenvalue weighted by Crippen LogP contribution is 2.56. The molecule has 2 unspecified atom stereocenters. The molecular formula is C15H22S3. The van der Waals surface area contributed by atoms with Gasteiger partial charge in [-0.3, -0.25) is 0 Å². The third-order valence-corrected chi connectivity index (χ3v) is 8.30. The Morgan fingerprint density at radius 3 is 3.00 bits per heavy atom. The third kappa shape index (κ3) is 3.06. The SMILES string of the molecule is CCCCC(C)C1=CC=C[SH]1c1sccc1SC. The predicted octanol–water partition coefficient (Wildman–Crippen LogP) is 6.07. The lowest BCUT2D eigenvalue weighted by Crippen LogP contribution is -1.98. The maximum atomic E-state index is 2.43. The van der Waals surface area contributed by atoms with Crippen molar-refractivity contribution in [2.75, 3.05) is 6.26 Å². The van der Waals surface area contributed by atoms with Crippen molar-refractivity contribution in [1.29, 1.82) is 0 Å². The quantitative estimate of drug-likeness (QED) is 0.491. The van der Waals surface area contributed by atoms with Crippen molar-refractivity contribution in [2.24, 2.45) is 5.92 Å². The van der Waals surface area contributed by atoms with E-state index in [-0.39, 0.29) is 10.9 Å². The Morgan fingerprint density at radius 2 is 2.28 bits per heavy atom. The molecule has 3 heteroatoms. The first kappa shape index (κ1) is 14.3. The number of thiol groups is 1. The number of thioether (sulfide) groups is 1. The highest BCUT2D eigenvalue weighted by molar-refractivity contribution is 8.24. The third-order valence-electron chi connectivity index (χ3n) is 3.32. The summed E-state index contributed by atoms with van der Waals surface area (Å²) in [6, 6.07) is 2.27. The summed E-state index contributed by atoms with van der Waals surface area (Å²) in [5.74, 6) is 0.739. The van der Waals surface area contributed by atoms with Crippen LogP contribution >= 0.6 is 34.0 Å². The molecule has 18 heavy (non-hydrogen) atoms. The Bertz CT molecular complexity index is 442. The highest BCUT2D eigenvalue weighted by atomic mass is 32.2. The molecule has 0 fully saturated rings. The van der Waals surface area contributed by atoms with E-state index >= 15 is 0 Å². The highest BCUT2D eigenvalue weighted by Gasteiger charge is 2.21. The summed E-state index contributed by atoms with van der Waals surface area (Å²) in [7, 11) is -0.171. The Hall–Kier alpha value is -0.120. The van der Waals surface area contributed by atoms with E-state index in [1.54, 1.807) is 9.11 Å². The molecule has 0 aliphatic carbocycles. The molecule has 0 spiro atoms. The Kier molecular flexibility index (Phi) is 5.46. The minimum Gasteiger partial charge on any atom is -0.173 e. The Morgan fingerprint density at radius 1 is 1.44 bits per heavy atom. The minimum absolute atomic E-state index is 0.171. The molecule has 0 saturated carbocycles. The van der Waals surface area contributed by atoms with E-state index < -0.39 is 0 Å². The zero-order valence-corrected chi connectivity index (χ0v) is 13.9. The summed E-state index contributed by atoms with van der Waals surface area (Å²) in [6.45, 7) is 4.68. The van der Waals surface area contributed by atoms with Gasteiger partial charge in [-0.15, -0.1) is 23.1 Å². The van der Waals surface area contributed by atoms with Crippen molar-refractivity contribution >= 4 is 34.0 Å². The van der Waals surface area contributed by atoms with E-state index in [0.29, 0.717) is 0 Å². The number of thiophene rings is 1. The zero-order valence-electron chi connectivity index (χ0n) is 11.3. The largest absolute Gasteiger partial charge is 0.173 e. The van der Waals surface area contributed by atoms with Crippen LogP contribution in [0.3, 0.4) is 0 Å². The molecule has 0 radical (unpaired) electrons. The van der Waals surface area contributed by atoms with E-state index in [4.69, 9.17) is 0 Å². The maximum Gasteiger partial charge on any atom is 0.0611 e. The van der Waals surface area contributed by atoms with Crippen molar-refractivity contribution in [3.63, 3.8) is 0 Å². The summed E-state index contributed by atoms with van der Waals surface area (Å²) >= 11 is 3.82. The van der Waals surface area contributed by atoms with E-state index in [0.717, 1.165) is 5.92 Å². The van der Waals surface area contributed by atoms with Crippen LogP contribution in [0.1, 0.15) is 33.1 Å². The number of unbranched alkanes of at least 4 members (excludes halogenated alkanes) is 1. The summed E-state index contributed by atoms with van der Waals surface area (Å²) < 4.78 is 1.60. The number of hydrogen-bond acceptors (Lipinski definition) is 2. The lowest BCUT2D eigenvalue weighted by Gasteiger charge is -2.23. The van der Waals surface area contributed by atoms with Crippen LogP contribution < -0.4 is 0 Å². The lowest BCUT2D eigenvalue weighted by atomic mass is 10.0. The molecule has 2 atom stereocenters. The van der Waals surface area contributed by atoms with Gasteiger partial charge >= 0.3 is 0 Å². The fourth-order valence-electron chi connectivity index (χ4n) is 2.26. The van der Waals surface area contributed by atoms with Crippen LogP contribution in [0.5, 0.6) is 0 Å². The fourth-order valence-corrected chi connectivity index (χ4v) is 7.30. The van der Waals surface area contributed by atoms with E-state index in [1.165, 1.54) is 24.2 Å². The van der Waals surface area contributed by atoms with Crippen LogP contribution in [-0.2, 0) is 0 Å². The molecule has 0 saturated heterocycles. The first-order valence-electron chi connectivity index (χ1n) is 6.57. The van der Waals surface area contributed by atoms with Gasteiger partial charge in [0.15, 0.2) is 0 Å². The van der Waals surface area contributed by atoms with Gasteiger partial charge in [-0.05, 0) is 40.4 Å². The lowest BCUT2D eigenvalue weighted by molar-refractivity contribution is 0.591. The van der Waals surface area contributed by atoms with Crippen molar-refractivity contribution in [3.8, 4) is 0 Å². The number of rotatable bonds is 6. The summed E-state index contributed by atoms with van der Waals surface area (Å²) in [5.41, 5.74) is 0. The van der Waals surface area contributed by atoms with Crippen LogP contribution in [0.2, 0.25) is 0 Å². The molecule has 0 bridgehead atoms. The molecule has 1 aromatic heterocycles. The standard InChI is InChI=1S/C15H22S3/c1-4-5-7-12(2)14-8-6-11-18(14)15-13(16-3)9-10-17-15/h6,8-12,18H,4-5,7H2,1-3H3. The van der Waals surface area contributed by atoms with Gasteiger partial charge in [-0.1, -0.05) is 38.8 Å². The minimum atomic E-state index is -0.171. The molecule has 0 nitrogen and oxygen atoms in total. The molecule has 2 rings (SSSR count). The van der Waals surface area contributed by atoms with E-state index in [1.807, 2.05) is 23.1 Å². The first-order chi connectivity index (χ1) is 8.77. The average molecular weight is 299 g/mol. The molecule has 0 N–H and O–H groups in total.